The predicted molar refractivity (Wildman–Crippen MR) is 86.0 cm³/mol. The summed E-state index contributed by atoms with van der Waals surface area (Å²) in [6.45, 7) is 2.22. The Morgan fingerprint density at radius 2 is 1.95 bits per heavy atom. The number of hydrogen-bond donors (Lipinski definition) is 2. The lowest BCUT2D eigenvalue weighted by molar-refractivity contribution is 0.762. The van der Waals surface area contributed by atoms with Crippen LogP contribution in [0, 0.1) is 0 Å². The van der Waals surface area contributed by atoms with Crippen molar-refractivity contribution in [2.24, 2.45) is 0 Å². The van der Waals surface area contributed by atoms with Crippen LogP contribution in [0.5, 0.6) is 0 Å². The number of anilines is 2. The van der Waals surface area contributed by atoms with Gasteiger partial charge in [0.25, 0.3) is 0 Å². The molecule has 0 aliphatic heterocycles. The molecule has 3 N–H and O–H groups in total. The quantitative estimate of drug-likeness (QED) is 0.809. The maximum atomic E-state index is 5.85. The molecule has 0 saturated heterocycles. The zero-order valence-corrected chi connectivity index (χ0v) is 12.0. The van der Waals surface area contributed by atoms with Crippen molar-refractivity contribution >= 4 is 11.4 Å². The average molecular weight is 266 g/mol. The molecule has 0 saturated carbocycles. The highest BCUT2D eigenvalue weighted by Gasteiger charge is 2.22. The second kappa shape index (κ2) is 5.58. The third kappa shape index (κ3) is 2.64. The van der Waals surface area contributed by atoms with E-state index in [0.29, 0.717) is 6.04 Å². The molecule has 0 spiro atoms. The lowest BCUT2D eigenvalue weighted by Gasteiger charge is -2.16. The second-order valence-corrected chi connectivity index (χ2v) is 5.64. The SMILES string of the molecule is CCCc1ccc(NC2CCc3cc(N)ccc32)cc1. The number of nitrogen functional groups attached to an aromatic ring is 1. The third-order valence-corrected chi connectivity index (χ3v) is 4.08. The van der Waals surface area contributed by atoms with Crippen LogP contribution in [0.4, 0.5) is 11.4 Å². The van der Waals surface area contributed by atoms with E-state index >= 15 is 0 Å². The highest BCUT2D eigenvalue weighted by molar-refractivity contribution is 5.52. The van der Waals surface area contributed by atoms with Crippen LogP contribution in [-0.2, 0) is 12.8 Å². The van der Waals surface area contributed by atoms with Gasteiger partial charge < -0.3 is 11.1 Å². The number of rotatable bonds is 4. The minimum absolute atomic E-state index is 0.419. The maximum Gasteiger partial charge on any atom is 0.0519 e. The smallest absolute Gasteiger partial charge is 0.0519 e. The fourth-order valence-corrected chi connectivity index (χ4v) is 3.04. The molecular formula is C18H22N2. The van der Waals surface area contributed by atoms with Crippen molar-refractivity contribution in [3.05, 3.63) is 59.2 Å². The van der Waals surface area contributed by atoms with Crippen LogP contribution in [0.2, 0.25) is 0 Å². The summed E-state index contributed by atoms with van der Waals surface area (Å²) in [7, 11) is 0. The third-order valence-electron chi connectivity index (χ3n) is 4.08. The van der Waals surface area contributed by atoms with Crippen LogP contribution >= 0.6 is 0 Å². The van der Waals surface area contributed by atoms with Crippen LogP contribution in [0.25, 0.3) is 0 Å². The molecule has 0 heterocycles. The van der Waals surface area contributed by atoms with E-state index in [4.69, 9.17) is 5.73 Å². The first-order valence-electron chi connectivity index (χ1n) is 7.50. The monoisotopic (exact) mass is 266 g/mol. The highest BCUT2D eigenvalue weighted by Crippen LogP contribution is 2.34. The van der Waals surface area contributed by atoms with Crippen molar-refractivity contribution in [2.45, 2.75) is 38.6 Å². The van der Waals surface area contributed by atoms with Crippen molar-refractivity contribution in [2.75, 3.05) is 11.1 Å². The summed E-state index contributed by atoms with van der Waals surface area (Å²) in [5.74, 6) is 0. The van der Waals surface area contributed by atoms with E-state index in [1.165, 1.54) is 28.8 Å². The topological polar surface area (TPSA) is 38.0 Å². The van der Waals surface area contributed by atoms with Crippen LogP contribution in [0.3, 0.4) is 0 Å². The van der Waals surface area contributed by atoms with Gasteiger partial charge >= 0.3 is 0 Å². The van der Waals surface area contributed by atoms with Crippen LogP contribution in [-0.4, -0.2) is 0 Å². The van der Waals surface area contributed by atoms with Crippen molar-refractivity contribution in [3.8, 4) is 0 Å². The average Bonchev–Trinajstić information content (AvgIpc) is 2.83. The van der Waals surface area contributed by atoms with Crippen LogP contribution in [0.1, 0.15) is 42.5 Å². The van der Waals surface area contributed by atoms with Crippen molar-refractivity contribution < 1.29 is 0 Å². The van der Waals surface area contributed by atoms with E-state index in [1.54, 1.807) is 0 Å². The Balaban J connectivity index is 1.73. The number of hydrogen-bond acceptors (Lipinski definition) is 2. The normalized spacial score (nSPS) is 16.9. The zero-order valence-electron chi connectivity index (χ0n) is 12.0. The Morgan fingerprint density at radius 1 is 1.15 bits per heavy atom. The molecule has 0 amide bonds. The summed E-state index contributed by atoms with van der Waals surface area (Å²) in [6.07, 6.45) is 4.62. The van der Waals surface area contributed by atoms with Gasteiger partial charge in [-0.15, -0.1) is 0 Å². The molecule has 0 bridgehead atoms. The lowest BCUT2D eigenvalue weighted by Crippen LogP contribution is -2.07. The fourth-order valence-electron chi connectivity index (χ4n) is 3.04. The number of fused-ring (bicyclic) bond motifs is 1. The van der Waals surface area contributed by atoms with Crippen LogP contribution < -0.4 is 11.1 Å². The van der Waals surface area contributed by atoms with Crippen LogP contribution in [0.15, 0.2) is 42.5 Å². The van der Waals surface area contributed by atoms with Gasteiger partial charge in [-0.1, -0.05) is 31.5 Å². The van der Waals surface area contributed by atoms with Gasteiger partial charge in [0.05, 0.1) is 6.04 Å². The van der Waals surface area contributed by atoms with E-state index < -0.39 is 0 Å². The van der Waals surface area contributed by atoms with E-state index in [-0.39, 0.29) is 0 Å². The first-order valence-corrected chi connectivity index (χ1v) is 7.50. The molecule has 3 rings (SSSR count). The first-order chi connectivity index (χ1) is 9.76. The Bertz CT molecular complexity index is 587. The second-order valence-electron chi connectivity index (χ2n) is 5.64. The Hall–Kier alpha value is -1.96. The van der Waals surface area contributed by atoms with Crippen molar-refractivity contribution in [1.82, 2.24) is 0 Å². The van der Waals surface area contributed by atoms with Crippen molar-refractivity contribution in [3.63, 3.8) is 0 Å². The standard InChI is InChI=1S/C18H22N2/c1-2-3-13-4-8-16(9-5-13)20-18-11-6-14-12-15(19)7-10-17(14)18/h4-5,7-10,12,18,20H,2-3,6,11,19H2,1H3. The van der Waals surface area contributed by atoms with Gasteiger partial charge in [-0.3, -0.25) is 0 Å². The lowest BCUT2D eigenvalue weighted by atomic mass is 10.1. The van der Waals surface area contributed by atoms with Gasteiger partial charge in [0.15, 0.2) is 0 Å². The summed E-state index contributed by atoms with van der Waals surface area (Å²) in [5, 5.41) is 3.65. The Morgan fingerprint density at radius 3 is 2.70 bits per heavy atom. The summed E-state index contributed by atoms with van der Waals surface area (Å²) >= 11 is 0. The van der Waals surface area contributed by atoms with Gasteiger partial charge in [0, 0.05) is 11.4 Å². The van der Waals surface area contributed by atoms with Crippen molar-refractivity contribution in [1.29, 1.82) is 0 Å². The minimum atomic E-state index is 0.419. The molecule has 1 aliphatic carbocycles. The number of benzene rings is 2. The largest absolute Gasteiger partial charge is 0.399 e. The maximum absolute atomic E-state index is 5.85. The predicted octanol–water partition coefficient (Wildman–Crippen LogP) is 4.32. The fraction of sp³-hybridized carbons (Fsp3) is 0.333. The summed E-state index contributed by atoms with van der Waals surface area (Å²) < 4.78 is 0. The Kier molecular flexibility index (Phi) is 3.64. The molecule has 20 heavy (non-hydrogen) atoms. The minimum Gasteiger partial charge on any atom is -0.399 e. The highest BCUT2D eigenvalue weighted by atomic mass is 14.9. The number of nitrogens with two attached hydrogens (primary N) is 1. The van der Waals surface area contributed by atoms with Gasteiger partial charge in [0.2, 0.25) is 0 Å². The number of nitrogens with one attached hydrogen (secondary N) is 1. The van der Waals surface area contributed by atoms with Gasteiger partial charge in [-0.05, 0) is 60.2 Å². The first kappa shape index (κ1) is 13.0. The summed E-state index contributed by atoms with van der Waals surface area (Å²) in [4.78, 5) is 0. The number of aryl methyl sites for hydroxylation is 2. The molecular weight excluding hydrogens is 244 g/mol. The molecule has 2 aromatic carbocycles. The zero-order chi connectivity index (χ0) is 13.9. The van der Waals surface area contributed by atoms with Gasteiger partial charge in [0.1, 0.15) is 0 Å². The molecule has 0 fully saturated rings. The van der Waals surface area contributed by atoms with E-state index in [9.17, 15) is 0 Å². The molecule has 1 unspecified atom stereocenters. The molecule has 1 aliphatic rings. The van der Waals surface area contributed by atoms with Gasteiger partial charge in [-0.25, -0.2) is 0 Å². The molecule has 2 aromatic rings. The molecule has 0 aromatic heterocycles. The molecule has 2 heteroatoms. The van der Waals surface area contributed by atoms with E-state index in [0.717, 1.165) is 24.9 Å². The molecule has 2 nitrogen and oxygen atoms in total. The van der Waals surface area contributed by atoms with E-state index in [2.05, 4.69) is 48.6 Å². The molecule has 104 valence electrons. The summed E-state index contributed by atoms with van der Waals surface area (Å²) in [6, 6.07) is 15.5. The Labute approximate surface area is 121 Å². The molecule has 1 atom stereocenters. The van der Waals surface area contributed by atoms with E-state index in [1.807, 2.05) is 6.07 Å². The van der Waals surface area contributed by atoms with Gasteiger partial charge in [-0.2, -0.15) is 0 Å². The summed E-state index contributed by atoms with van der Waals surface area (Å²) in [5.41, 5.74) is 12.1. The molecule has 0 radical (unpaired) electrons.